The van der Waals surface area contributed by atoms with E-state index in [0.29, 0.717) is 0 Å². The van der Waals surface area contributed by atoms with E-state index in [0.717, 1.165) is 5.92 Å². The van der Waals surface area contributed by atoms with Crippen LogP contribution in [0.4, 0.5) is 0 Å². The van der Waals surface area contributed by atoms with Gasteiger partial charge in [0.1, 0.15) is 19.8 Å². The van der Waals surface area contributed by atoms with E-state index in [1.807, 2.05) is 0 Å². The summed E-state index contributed by atoms with van der Waals surface area (Å²) >= 11 is 0. The molecule has 0 bridgehead atoms. The van der Waals surface area contributed by atoms with Gasteiger partial charge < -0.3 is 0 Å². The third kappa shape index (κ3) is 1.09. The monoisotopic (exact) mass is 112 g/mol. The Hall–Kier alpha value is -0.330. The van der Waals surface area contributed by atoms with Gasteiger partial charge in [-0.2, -0.15) is 0 Å². The molecule has 0 amide bonds. The van der Waals surface area contributed by atoms with Crippen LogP contribution in [-0.2, 0) is 0 Å². The molecule has 1 heteroatoms. The third-order valence-corrected chi connectivity index (χ3v) is 1.95. The van der Waals surface area contributed by atoms with E-state index in [2.05, 4.69) is 18.2 Å². The van der Waals surface area contributed by atoms with E-state index in [4.69, 9.17) is 0 Å². The lowest BCUT2D eigenvalue weighted by Crippen LogP contribution is -2.04. The van der Waals surface area contributed by atoms with E-state index in [1.165, 1.54) is 25.9 Å². The molecule has 0 aromatic carbocycles. The zero-order chi connectivity index (χ0) is 5.98. The third-order valence-electron chi connectivity index (χ3n) is 1.95. The van der Waals surface area contributed by atoms with Crippen LogP contribution in [0.2, 0.25) is 0 Å². The largest absolute Gasteiger partial charge is 0.242 e. The minimum Gasteiger partial charge on any atom is -0.242 e. The molecular formula is C7H14N+. The normalized spacial score (nSPS) is 29.1. The number of hydrogen-bond acceptors (Lipinski definition) is 0. The second-order valence-corrected chi connectivity index (χ2v) is 2.64. The minimum atomic E-state index is 0.937. The average molecular weight is 112 g/mol. The molecular weight excluding hydrogens is 98.1 g/mol. The summed E-state index contributed by atoms with van der Waals surface area (Å²) in [7, 11) is 0. The summed E-state index contributed by atoms with van der Waals surface area (Å²) in [5, 5.41) is 0. The Labute approximate surface area is 51.0 Å². The summed E-state index contributed by atoms with van der Waals surface area (Å²) in [5.74, 6) is 0.937. The van der Waals surface area contributed by atoms with Crippen molar-refractivity contribution in [2.24, 2.45) is 5.92 Å². The maximum Gasteiger partial charge on any atom is 0.145 e. The highest BCUT2D eigenvalue weighted by molar-refractivity contribution is 5.14. The van der Waals surface area contributed by atoms with Crippen molar-refractivity contribution in [1.29, 1.82) is 0 Å². The molecule has 1 aliphatic heterocycles. The van der Waals surface area contributed by atoms with E-state index in [9.17, 15) is 0 Å². The van der Waals surface area contributed by atoms with E-state index in [1.54, 1.807) is 0 Å². The van der Waals surface area contributed by atoms with Crippen molar-refractivity contribution in [1.82, 2.24) is 0 Å². The highest BCUT2D eigenvalue weighted by Crippen LogP contribution is 2.13. The Morgan fingerprint density at radius 2 is 2.50 bits per heavy atom. The molecule has 0 radical (unpaired) electrons. The summed E-state index contributed by atoms with van der Waals surface area (Å²) < 4.78 is 2.16. The minimum absolute atomic E-state index is 0.937. The van der Waals surface area contributed by atoms with Crippen LogP contribution in [0.1, 0.15) is 19.8 Å². The van der Waals surface area contributed by atoms with E-state index < -0.39 is 0 Å². The van der Waals surface area contributed by atoms with E-state index in [-0.39, 0.29) is 0 Å². The second-order valence-electron chi connectivity index (χ2n) is 2.64. The SMILES string of the molecule is C=[N+]1CCC(CC)C1. The predicted molar refractivity (Wildman–Crippen MR) is 35.5 cm³/mol. The molecule has 1 unspecified atom stereocenters. The molecule has 0 aromatic rings. The van der Waals surface area contributed by atoms with Crippen LogP contribution in [0.15, 0.2) is 0 Å². The van der Waals surface area contributed by atoms with Crippen LogP contribution in [0.25, 0.3) is 0 Å². The molecule has 1 saturated heterocycles. The van der Waals surface area contributed by atoms with Crippen LogP contribution in [-0.4, -0.2) is 24.4 Å². The van der Waals surface area contributed by atoms with Gasteiger partial charge in [-0.05, 0) is 6.42 Å². The van der Waals surface area contributed by atoms with Crippen LogP contribution in [0, 0.1) is 5.92 Å². The smallest absolute Gasteiger partial charge is 0.145 e. The number of rotatable bonds is 1. The van der Waals surface area contributed by atoms with Crippen LogP contribution in [0.5, 0.6) is 0 Å². The lowest BCUT2D eigenvalue weighted by atomic mass is 10.1. The Morgan fingerprint density at radius 1 is 1.75 bits per heavy atom. The van der Waals surface area contributed by atoms with Gasteiger partial charge in [-0.15, -0.1) is 0 Å². The Kier molecular flexibility index (Phi) is 1.66. The fourth-order valence-electron chi connectivity index (χ4n) is 1.25. The molecule has 46 valence electrons. The summed E-state index contributed by atoms with van der Waals surface area (Å²) in [5.41, 5.74) is 0. The van der Waals surface area contributed by atoms with Gasteiger partial charge in [-0.25, -0.2) is 4.58 Å². The molecule has 1 fully saturated rings. The number of hydrogen-bond donors (Lipinski definition) is 0. The molecule has 0 N–H and O–H groups in total. The molecule has 0 spiro atoms. The Bertz CT molecular complexity index is 96.6. The molecule has 8 heavy (non-hydrogen) atoms. The molecule has 1 nitrogen and oxygen atoms in total. The van der Waals surface area contributed by atoms with Crippen LogP contribution < -0.4 is 0 Å². The topological polar surface area (TPSA) is 3.01 Å². The molecule has 0 aliphatic carbocycles. The molecule has 0 saturated carbocycles. The van der Waals surface area contributed by atoms with Crippen molar-refractivity contribution in [2.75, 3.05) is 13.1 Å². The first kappa shape index (κ1) is 5.80. The molecule has 0 aromatic heterocycles. The van der Waals surface area contributed by atoms with Crippen LogP contribution >= 0.6 is 0 Å². The van der Waals surface area contributed by atoms with Gasteiger partial charge in [-0.1, -0.05) is 6.92 Å². The van der Waals surface area contributed by atoms with Crippen molar-refractivity contribution in [3.8, 4) is 0 Å². The lowest BCUT2D eigenvalue weighted by molar-refractivity contribution is -0.500. The maximum atomic E-state index is 3.87. The van der Waals surface area contributed by atoms with Gasteiger partial charge in [0, 0.05) is 12.3 Å². The molecule has 1 rings (SSSR count). The van der Waals surface area contributed by atoms with Crippen LogP contribution in [0.3, 0.4) is 0 Å². The second kappa shape index (κ2) is 2.29. The average Bonchev–Trinajstić information content (AvgIpc) is 2.14. The van der Waals surface area contributed by atoms with E-state index >= 15 is 0 Å². The first-order valence-corrected chi connectivity index (χ1v) is 3.38. The van der Waals surface area contributed by atoms with Gasteiger partial charge >= 0.3 is 0 Å². The molecule has 1 heterocycles. The highest BCUT2D eigenvalue weighted by Gasteiger charge is 2.20. The molecule has 1 atom stereocenters. The zero-order valence-corrected chi connectivity index (χ0v) is 5.56. The fourth-order valence-corrected chi connectivity index (χ4v) is 1.25. The van der Waals surface area contributed by atoms with Crippen molar-refractivity contribution in [2.45, 2.75) is 19.8 Å². The Morgan fingerprint density at radius 3 is 2.75 bits per heavy atom. The van der Waals surface area contributed by atoms with Crippen molar-refractivity contribution in [3.63, 3.8) is 0 Å². The quantitative estimate of drug-likeness (QED) is 0.447. The zero-order valence-electron chi connectivity index (χ0n) is 5.56. The number of nitrogens with zero attached hydrogens (tertiary/aromatic N) is 1. The summed E-state index contributed by atoms with van der Waals surface area (Å²) in [6, 6.07) is 0. The summed E-state index contributed by atoms with van der Waals surface area (Å²) in [4.78, 5) is 0. The van der Waals surface area contributed by atoms with Gasteiger partial charge in [0.05, 0.1) is 0 Å². The van der Waals surface area contributed by atoms with Crippen molar-refractivity contribution < 1.29 is 4.58 Å². The van der Waals surface area contributed by atoms with Crippen molar-refractivity contribution >= 4 is 6.72 Å². The fraction of sp³-hybridized carbons (Fsp3) is 0.857. The predicted octanol–water partition coefficient (Wildman–Crippen LogP) is 1.13. The highest BCUT2D eigenvalue weighted by atomic mass is 15.0. The first-order chi connectivity index (χ1) is 3.83. The van der Waals surface area contributed by atoms with Crippen molar-refractivity contribution in [3.05, 3.63) is 0 Å². The Balaban J connectivity index is 2.32. The standard InChI is InChI=1S/C7H14N/c1-3-7-4-5-8(2)6-7/h7H,2-6H2,1H3/q+1. The maximum absolute atomic E-state index is 3.87. The summed E-state index contributed by atoms with van der Waals surface area (Å²) in [6.07, 6.45) is 2.69. The van der Waals surface area contributed by atoms with Gasteiger partial charge in [0.2, 0.25) is 0 Å². The van der Waals surface area contributed by atoms with Gasteiger partial charge in [0.15, 0.2) is 0 Å². The molecule has 1 aliphatic rings. The van der Waals surface area contributed by atoms with Gasteiger partial charge in [-0.3, -0.25) is 0 Å². The first-order valence-electron chi connectivity index (χ1n) is 3.38. The summed E-state index contributed by atoms with van der Waals surface area (Å²) in [6.45, 7) is 8.55. The van der Waals surface area contributed by atoms with Gasteiger partial charge in [0.25, 0.3) is 0 Å². The lowest BCUT2D eigenvalue weighted by Gasteiger charge is -1.94.